The highest BCUT2D eigenvalue weighted by Crippen LogP contribution is 2.04. The molecule has 3 aromatic rings. The van der Waals surface area contributed by atoms with Crippen LogP contribution in [-0.2, 0) is 6.54 Å². The molecule has 7 heteroatoms. The lowest BCUT2D eigenvalue weighted by atomic mass is 10.5. The fourth-order valence-electron chi connectivity index (χ4n) is 1.71. The third-order valence-electron chi connectivity index (χ3n) is 2.52. The van der Waals surface area contributed by atoms with Crippen LogP contribution in [0, 0.1) is 6.92 Å². The van der Waals surface area contributed by atoms with Gasteiger partial charge in [0.25, 0.3) is 0 Å². The van der Waals surface area contributed by atoms with E-state index in [0.29, 0.717) is 0 Å². The number of fused-ring (bicyclic) bond motifs is 1. The first-order chi connectivity index (χ1) is 8.81. The zero-order valence-corrected chi connectivity index (χ0v) is 9.98. The first-order valence-electron chi connectivity index (χ1n) is 5.73. The summed E-state index contributed by atoms with van der Waals surface area (Å²) in [6.07, 6.45) is 3.70. The molecule has 0 saturated carbocycles. The molecule has 0 spiro atoms. The number of anilines is 1. The average molecular weight is 243 g/mol. The normalized spacial score (nSPS) is 10.9. The van der Waals surface area contributed by atoms with Gasteiger partial charge in [-0.2, -0.15) is 5.10 Å². The second kappa shape index (κ2) is 4.44. The zero-order chi connectivity index (χ0) is 12.4. The second-order valence-electron chi connectivity index (χ2n) is 3.92. The monoisotopic (exact) mass is 243 g/mol. The molecule has 0 aliphatic heterocycles. The first-order valence-corrected chi connectivity index (χ1v) is 5.73. The topological polar surface area (TPSA) is 72.9 Å². The van der Waals surface area contributed by atoms with Crippen LogP contribution in [0.4, 0.5) is 5.82 Å². The number of nitrogens with one attached hydrogen (secondary N) is 1. The van der Waals surface area contributed by atoms with Gasteiger partial charge in [-0.15, -0.1) is 14.8 Å². The van der Waals surface area contributed by atoms with E-state index in [2.05, 4.69) is 25.6 Å². The van der Waals surface area contributed by atoms with Crippen molar-refractivity contribution in [3.63, 3.8) is 0 Å². The van der Waals surface area contributed by atoms with Crippen LogP contribution < -0.4 is 5.32 Å². The molecular formula is C11H13N7. The van der Waals surface area contributed by atoms with Crippen molar-refractivity contribution in [3.05, 3.63) is 36.4 Å². The molecule has 0 bridgehead atoms. The number of hydrogen-bond donors (Lipinski definition) is 1. The molecule has 0 atom stereocenters. The molecule has 0 saturated heterocycles. The van der Waals surface area contributed by atoms with Gasteiger partial charge in [-0.05, 0) is 25.1 Å². The standard InChI is InChI=1S/C11H13N7/c1-9-14-11-4-3-10(16-18(11)15-9)12-6-8-17-7-2-5-13-17/h2-5,7H,6,8H2,1H3,(H,12,16). The molecule has 3 heterocycles. The molecule has 3 aromatic heterocycles. The molecule has 7 nitrogen and oxygen atoms in total. The number of aromatic nitrogens is 6. The minimum atomic E-state index is 0.719. The van der Waals surface area contributed by atoms with Crippen LogP contribution in [-0.4, -0.2) is 36.1 Å². The average Bonchev–Trinajstić information content (AvgIpc) is 2.96. The van der Waals surface area contributed by atoms with E-state index in [0.717, 1.165) is 30.4 Å². The Bertz CT molecular complexity index is 641. The fourth-order valence-corrected chi connectivity index (χ4v) is 1.71. The maximum atomic E-state index is 4.32. The van der Waals surface area contributed by atoms with Gasteiger partial charge in [-0.1, -0.05) is 0 Å². The Morgan fingerprint density at radius 1 is 1.28 bits per heavy atom. The quantitative estimate of drug-likeness (QED) is 0.731. The number of nitrogens with zero attached hydrogens (tertiary/aromatic N) is 6. The van der Waals surface area contributed by atoms with Gasteiger partial charge in [-0.25, -0.2) is 4.98 Å². The van der Waals surface area contributed by atoms with E-state index in [4.69, 9.17) is 0 Å². The summed E-state index contributed by atoms with van der Waals surface area (Å²) in [6, 6.07) is 5.69. The summed E-state index contributed by atoms with van der Waals surface area (Å²) in [5.41, 5.74) is 0.755. The summed E-state index contributed by atoms with van der Waals surface area (Å²) in [6.45, 7) is 3.40. The van der Waals surface area contributed by atoms with E-state index in [-0.39, 0.29) is 0 Å². The van der Waals surface area contributed by atoms with Crippen LogP contribution in [0.25, 0.3) is 5.65 Å². The Morgan fingerprint density at radius 3 is 3.06 bits per heavy atom. The third kappa shape index (κ3) is 2.15. The maximum absolute atomic E-state index is 4.32. The van der Waals surface area contributed by atoms with E-state index in [1.54, 1.807) is 6.20 Å². The van der Waals surface area contributed by atoms with E-state index < -0.39 is 0 Å². The van der Waals surface area contributed by atoms with Gasteiger partial charge in [-0.3, -0.25) is 4.68 Å². The molecule has 0 aliphatic rings. The van der Waals surface area contributed by atoms with Gasteiger partial charge in [0.15, 0.2) is 5.65 Å². The Balaban J connectivity index is 1.67. The van der Waals surface area contributed by atoms with Gasteiger partial charge in [0.2, 0.25) is 0 Å². The van der Waals surface area contributed by atoms with Crippen molar-refractivity contribution in [3.8, 4) is 0 Å². The predicted octanol–water partition coefficient (Wildman–Crippen LogP) is 0.741. The lowest BCUT2D eigenvalue weighted by Gasteiger charge is -2.05. The summed E-state index contributed by atoms with van der Waals surface area (Å²) in [5.74, 6) is 1.50. The Labute approximate surface area is 103 Å². The summed E-state index contributed by atoms with van der Waals surface area (Å²) < 4.78 is 3.40. The van der Waals surface area contributed by atoms with Crippen molar-refractivity contribution in [2.75, 3.05) is 11.9 Å². The van der Waals surface area contributed by atoms with Crippen molar-refractivity contribution >= 4 is 11.5 Å². The maximum Gasteiger partial charge on any atom is 0.176 e. The molecule has 0 unspecified atom stereocenters. The molecule has 1 N–H and O–H groups in total. The Morgan fingerprint density at radius 2 is 2.22 bits per heavy atom. The van der Waals surface area contributed by atoms with Gasteiger partial charge in [0.05, 0.1) is 6.54 Å². The minimum Gasteiger partial charge on any atom is -0.367 e. The van der Waals surface area contributed by atoms with Gasteiger partial charge in [0.1, 0.15) is 11.6 Å². The SMILES string of the molecule is Cc1nc2ccc(NCCn3cccn3)nn2n1. The third-order valence-corrected chi connectivity index (χ3v) is 2.52. The zero-order valence-electron chi connectivity index (χ0n) is 9.98. The van der Waals surface area contributed by atoms with Crippen molar-refractivity contribution in [2.24, 2.45) is 0 Å². The summed E-state index contributed by atoms with van der Waals surface area (Å²) in [4.78, 5) is 4.22. The summed E-state index contributed by atoms with van der Waals surface area (Å²) in [5, 5.41) is 15.8. The van der Waals surface area contributed by atoms with Crippen LogP contribution in [0.2, 0.25) is 0 Å². The number of hydrogen-bond acceptors (Lipinski definition) is 5. The van der Waals surface area contributed by atoms with Crippen LogP contribution >= 0.6 is 0 Å². The molecule has 92 valence electrons. The van der Waals surface area contributed by atoms with Crippen LogP contribution in [0.15, 0.2) is 30.6 Å². The molecule has 0 radical (unpaired) electrons. The predicted molar refractivity (Wildman–Crippen MR) is 66.2 cm³/mol. The van der Waals surface area contributed by atoms with Crippen LogP contribution in [0.3, 0.4) is 0 Å². The Hall–Kier alpha value is -2.44. The highest BCUT2D eigenvalue weighted by atomic mass is 15.5. The molecular weight excluding hydrogens is 230 g/mol. The molecule has 0 aromatic carbocycles. The van der Waals surface area contributed by atoms with Gasteiger partial charge < -0.3 is 5.32 Å². The number of rotatable bonds is 4. The van der Waals surface area contributed by atoms with Crippen molar-refractivity contribution in [2.45, 2.75) is 13.5 Å². The molecule has 0 amide bonds. The van der Waals surface area contributed by atoms with E-state index in [1.807, 2.05) is 36.0 Å². The van der Waals surface area contributed by atoms with Crippen molar-refractivity contribution in [1.29, 1.82) is 0 Å². The smallest absolute Gasteiger partial charge is 0.176 e. The van der Waals surface area contributed by atoms with Crippen LogP contribution in [0.1, 0.15) is 5.82 Å². The molecule has 0 aliphatic carbocycles. The van der Waals surface area contributed by atoms with Crippen molar-refractivity contribution in [1.82, 2.24) is 29.6 Å². The van der Waals surface area contributed by atoms with Crippen LogP contribution in [0.5, 0.6) is 0 Å². The first kappa shape index (κ1) is 10.7. The second-order valence-corrected chi connectivity index (χ2v) is 3.92. The Kier molecular flexibility index (Phi) is 2.64. The number of aryl methyl sites for hydroxylation is 1. The van der Waals surface area contributed by atoms with E-state index in [9.17, 15) is 0 Å². The highest BCUT2D eigenvalue weighted by molar-refractivity contribution is 5.43. The summed E-state index contributed by atoms with van der Waals surface area (Å²) in [7, 11) is 0. The van der Waals surface area contributed by atoms with E-state index in [1.165, 1.54) is 4.63 Å². The minimum absolute atomic E-state index is 0.719. The van der Waals surface area contributed by atoms with Gasteiger partial charge >= 0.3 is 0 Å². The molecule has 3 rings (SSSR count). The summed E-state index contributed by atoms with van der Waals surface area (Å²) >= 11 is 0. The lowest BCUT2D eigenvalue weighted by molar-refractivity contribution is 0.635. The van der Waals surface area contributed by atoms with E-state index >= 15 is 0 Å². The lowest BCUT2D eigenvalue weighted by Crippen LogP contribution is -2.12. The van der Waals surface area contributed by atoms with Gasteiger partial charge in [0, 0.05) is 18.9 Å². The molecule has 0 fully saturated rings. The largest absolute Gasteiger partial charge is 0.367 e. The van der Waals surface area contributed by atoms with Crippen molar-refractivity contribution < 1.29 is 0 Å². The highest BCUT2D eigenvalue weighted by Gasteiger charge is 2.01. The molecule has 18 heavy (non-hydrogen) atoms. The fraction of sp³-hybridized carbons (Fsp3) is 0.273.